The van der Waals surface area contributed by atoms with Crippen molar-refractivity contribution in [3.8, 4) is 5.69 Å². The molecule has 1 fully saturated rings. The van der Waals surface area contributed by atoms with Gasteiger partial charge in [-0.25, -0.2) is 4.68 Å². The van der Waals surface area contributed by atoms with Crippen LogP contribution in [0.4, 0.5) is 5.69 Å². The SMILES string of the molecule is Cc1cccc(NC(=O)CN2CCN(CC(=O)N(C)Cc3cnn(-c4ccccc4)c3)CC2)c1C. The molecule has 8 heteroatoms. The van der Waals surface area contributed by atoms with Crippen LogP contribution in [0.15, 0.2) is 60.9 Å². The Hall–Kier alpha value is -3.49. The van der Waals surface area contributed by atoms with E-state index in [9.17, 15) is 9.59 Å². The molecule has 35 heavy (non-hydrogen) atoms. The highest BCUT2D eigenvalue weighted by Gasteiger charge is 2.22. The first-order valence-corrected chi connectivity index (χ1v) is 12.0. The third-order valence-electron chi connectivity index (χ3n) is 6.57. The Balaban J connectivity index is 1.20. The summed E-state index contributed by atoms with van der Waals surface area (Å²) in [6, 6.07) is 15.9. The van der Waals surface area contributed by atoms with Gasteiger partial charge in [-0.1, -0.05) is 30.3 Å². The predicted octanol–water partition coefficient (Wildman–Crippen LogP) is 2.70. The van der Waals surface area contributed by atoms with Crippen molar-refractivity contribution in [2.45, 2.75) is 20.4 Å². The monoisotopic (exact) mass is 474 g/mol. The third kappa shape index (κ3) is 6.55. The molecule has 2 amide bonds. The van der Waals surface area contributed by atoms with Crippen molar-refractivity contribution in [1.29, 1.82) is 0 Å². The molecule has 1 aliphatic heterocycles. The van der Waals surface area contributed by atoms with Gasteiger partial charge in [-0.2, -0.15) is 5.10 Å². The number of aryl methyl sites for hydroxylation is 1. The zero-order valence-electron chi connectivity index (χ0n) is 20.8. The fraction of sp³-hybridized carbons (Fsp3) is 0.370. The number of likely N-dealkylation sites (N-methyl/N-ethyl adjacent to an activating group) is 1. The Morgan fingerprint density at radius 1 is 0.943 bits per heavy atom. The molecule has 0 saturated carbocycles. The van der Waals surface area contributed by atoms with E-state index in [2.05, 4.69) is 20.2 Å². The number of aromatic nitrogens is 2. The van der Waals surface area contributed by atoms with Crippen LogP contribution in [0.1, 0.15) is 16.7 Å². The number of nitrogens with zero attached hydrogens (tertiary/aromatic N) is 5. The summed E-state index contributed by atoms with van der Waals surface area (Å²) in [6.45, 7) is 8.39. The van der Waals surface area contributed by atoms with E-state index in [0.717, 1.165) is 54.2 Å². The molecule has 184 valence electrons. The molecule has 4 rings (SSSR count). The second kappa shape index (κ2) is 11.3. The van der Waals surface area contributed by atoms with Gasteiger partial charge in [0.15, 0.2) is 0 Å². The number of anilines is 1. The van der Waals surface area contributed by atoms with Crippen LogP contribution in [-0.4, -0.2) is 82.6 Å². The molecule has 1 N–H and O–H groups in total. The largest absolute Gasteiger partial charge is 0.340 e. The Labute approximate surface area is 207 Å². The summed E-state index contributed by atoms with van der Waals surface area (Å²) in [4.78, 5) is 31.4. The van der Waals surface area contributed by atoms with Gasteiger partial charge in [0.1, 0.15) is 0 Å². The fourth-order valence-electron chi connectivity index (χ4n) is 4.22. The first-order chi connectivity index (χ1) is 16.9. The van der Waals surface area contributed by atoms with Crippen molar-refractivity contribution < 1.29 is 9.59 Å². The Kier molecular flexibility index (Phi) is 7.94. The zero-order valence-corrected chi connectivity index (χ0v) is 20.8. The number of para-hydroxylation sites is 1. The lowest BCUT2D eigenvalue weighted by molar-refractivity contribution is -0.132. The van der Waals surface area contributed by atoms with E-state index in [4.69, 9.17) is 0 Å². The van der Waals surface area contributed by atoms with Crippen LogP contribution in [0.25, 0.3) is 5.69 Å². The van der Waals surface area contributed by atoms with Crippen molar-refractivity contribution in [3.63, 3.8) is 0 Å². The molecular formula is C27H34N6O2. The van der Waals surface area contributed by atoms with Gasteiger partial charge in [-0.15, -0.1) is 0 Å². The number of carbonyl (C=O) groups is 2. The molecule has 3 aromatic rings. The Bertz CT molecular complexity index is 1150. The van der Waals surface area contributed by atoms with Crippen LogP contribution in [-0.2, 0) is 16.1 Å². The second-order valence-electron chi connectivity index (χ2n) is 9.23. The molecule has 0 bridgehead atoms. The number of hydrogen-bond donors (Lipinski definition) is 1. The molecule has 1 saturated heterocycles. The van der Waals surface area contributed by atoms with Crippen LogP contribution >= 0.6 is 0 Å². The number of rotatable bonds is 8. The standard InChI is InChI=1S/C27H34N6O2/c1-21-8-7-11-25(22(21)2)29-26(34)19-31-12-14-32(15-13-31)20-27(35)30(3)17-23-16-28-33(18-23)24-9-5-4-6-10-24/h4-11,16,18H,12-15,17,19-20H2,1-3H3,(H,29,34). The van der Waals surface area contributed by atoms with E-state index in [1.54, 1.807) is 11.1 Å². The van der Waals surface area contributed by atoms with Crippen LogP contribution in [0.3, 0.4) is 0 Å². The lowest BCUT2D eigenvalue weighted by Gasteiger charge is -2.34. The number of amides is 2. The van der Waals surface area contributed by atoms with Crippen LogP contribution in [0.2, 0.25) is 0 Å². The molecule has 0 aliphatic carbocycles. The quantitative estimate of drug-likeness (QED) is 0.544. The average Bonchev–Trinajstić information content (AvgIpc) is 3.32. The molecule has 1 aromatic heterocycles. The summed E-state index contributed by atoms with van der Waals surface area (Å²) in [7, 11) is 1.83. The van der Waals surface area contributed by atoms with Gasteiger partial charge in [0.25, 0.3) is 0 Å². The maximum absolute atomic E-state index is 12.8. The Morgan fingerprint density at radius 2 is 1.63 bits per heavy atom. The highest BCUT2D eigenvalue weighted by Crippen LogP contribution is 2.18. The maximum Gasteiger partial charge on any atom is 0.238 e. The van der Waals surface area contributed by atoms with Gasteiger partial charge in [0.2, 0.25) is 11.8 Å². The van der Waals surface area contributed by atoms with Gasteiger partial charge in [0, 0.05) is 57.2 Å². The minimum absolute atomic E-state index is 0.000918. The van der Waals surface area contributed by atoms with Crippen molar-refractivity contribution in [2.24, 2.45) is 0 Å². The lowest BCUT2D eigenvalue weighted by Crippen LogP contribution is -2.51. The average molecular weight is 475 g/mol. The number of nitrogens with one attached hydrogen (secondary N) is 1. The van der Waals surface area contributed by atoms with Gasteiger partial charge in [0.05, 0.1) is 25.0 Å². The first kappa shape index (κ1) is 24.6. The van der Waals surface area contributed by atoms with Crippen LogP contribution in [0, 0.1) is 13.8 Å². The van der Waals surface area contributed by atoms with E-state index >= 15 is 0 Å². The molecule has 2 heterocycles. The number of carbonyl (C=O) groups excluding carboxylic acids is 2. The van der Waals surface area contributed by atoms with E-state index in [1.165, 1.54) is 0 Å². The zero-order chi connectivity index (χ0) is 24.8. The fourth-order valence-corrected chi connectivity index (χ4v) is 4.22. The number of benzene rings is 2. The summed E-state index contributed by atoms with van der Waals surface area (Å²) in [5.74, 6) is 0.0811. The van der Waals surface area contributed by atoms with Crippen LogP contribution in [0.5, 0.6) is 0 Å². The van der Waals surface area contributed by atoms with E-state index in [1.807, 2.05) is 80.3 Å². The summed E-state index contributed by atoms with van der Waals surface area (Å²) >= 11 is 0. The van der Waals surface area contributed by atoms with Gasteiger partial charge >= 0.3 is 0 Å². The molecule has 0 spiro atoms. The highest BCUT2D eigenvalue weighted by atomic mass is 16.2. The second-order valence-corrected chi connectivity index (χ2v) is 9.23. The highest BCUT2D eigenvalue weighted by molar-refractivity contribution is 5.93. The van der Waals surface area contributed by atoms with E-state index < -0.39 is 0 Å². The van der Waals surface area contributed by atoms with Gasteiger partial charge < -0.3 is 10.2 Å². The van der Waals surface area contributed by atoms with E-state index in [0.29, 0.717) is 19.6 Å². The minimum Gasteiger partial charge on any atom is -0.340 e. The lowest BCUT2D eigenvalue weighted by atomic mass is 10.1. The van der Waals surface area contributed by atoms with E-state index in [-0.39, 0.29) is 11.8 Å². The minimum atomic E-state index is -0.000918. The summed E-state index contributed by atoms with van der Waals surface area (Å²) in [5.41, 5.74) is 5.12. The summed E-state index contributed by atoms with van der Waals surface area (Å²) in [6.07, 6.45) is 3.76. The first-order valence-electron chi connectivity index (χ1n) is 12.0. The molecule has 0 unspecified atom stereocenters. The van der Waals surface area contributed by atoms with Crippen molar-refractivity contribution in [1.82, 2.24) is 24.5 Å². The topological polar surface area (TPSA) is 73.7 Å². The van der Waals surface area contributed by atoms with Gasteiger partial charge in [-0.3, -0.25) is 19.4 Å². The van der Waals surface area contributed by atoms with Crippen molar-refractivity contribution in [2.75, 3.05) is 51.6 Å². The molecule has 0 radical (unpaired) electrons. The van der Waals surface area contributed by atoms with Crippen LogP contribution < -0.4 is 5.32 Å². The molecule has 1 aliphatic rings. The third-order valence-corrected chi connectivity index (χ3v) is 6.57. The number of hydrogen-bond acceptors (Lipinski definition) is 5. The predicted molar refractivity (Wildman–Crippen MR) is 137 cm³/mol. The molecule has 2 aromatic carbocycles. The maximum atomic E-state index is 12.8. The van der Waals surface area contributed by atoms with Crippen molar-refractivity contribution in [3.05, 3.63) is 77.6 Å². The van der Waals surface area contributed by atoms with Crippen molar-refractivity contribution >= 4 is 17.5 Å². The molecule has 0 atom stereocenters. The summed E-state index contributed by atoms with van der Waals surface area (Å²) < 4.78 is 1.82. The summed E-state index contributed by atoms with van der Waals surface area (Å²) in [5, 5.41) is 7.44. The molecular weight excluding hydrogens is 440 g/mol. The smallest absolute Gasteiger partial charge is 0.238 e. The normalized spacial score (nSPS) is 14.6. The number of piperazine rings is 1. The molecule has 8 nitrogen and oxygen atoms in total. The van der Waals surface area contributed by atoms with Gasteiger partial charge in [-0.05, 0) is 43.2 Å². The Morgan fingerprint density at radius 3 is 2.34 bits per heavy atom.